The van der Waals surface area contributed by atoms with Crippen LogP contribution in [0.3, 0.4) is 0 Å². The van der Waals surface area contributed by atoms with Gasteiger partial charge >= 0.3 is 0 Å². The Bertz CT molecular complexity index is 3350. The van der Waals surface area contributed by atoms with Crippen molar-refractivity contribution < 1.29 is 0 Å². The van der Waals surface area contributed by atoms with E-state index < -0.39 is 0 Å². The third-order valence-corrected chi connectivity index (χ3v) is 15.4. The molecule has 5 aliphatic carbocycles. The SMILES string of the molecule is c1ccc(-c2nc(-c3ccc(-n4c5ccccc5c5ccccc54)cc3)nc(-c3cccc4cc5c(cc34)C3(c4cc6ccccc6cc4-5)C4CC5CC(C4)CC3C5)n2)cc1. The van der Waals surface area contributed by atoms with Gasteiger partial charge in [0.25, 0.3) is 0 Å². The van der Waals surface area contributed by atoms with E-state index in [1.165, 1.54) is 86.6 Å². The predicted molar refractivity (Wildman–Crippen MR) is 249 cm³/mol. The van der Waals surface area contributed by atoms with Crippen molar-refractivity contribution in [2.45, 2.75) is 37.5 Å². The molecule has 2 aromatic heterocycles. The second-order valence-electron chi connectivity index (χ2n) is 18.4. The highest BCUT2D eigenvalue weighted by molar-refractivity contribution is 6.09. The Labute approximate surface area is 354 Å². The summed E-state index contributed by atoms with van der Waals surface area (Å²) in [6, 6.07) is 62.3. The lowest BCUT2D eigenvalue weighted by molar-refractivity contribution is -0.0398. The van der Waals surface area contributed by atoms with Crippen LogP contribution in [0, 0.1) is 23.7 Å². The van der Waals surface area contributed by atoms with Crippen LogP contribution in [0.25, 0.3) is 94.3 Å². The molecule has 4 bridgehead atoms. The fraction of sp³-hybridized carbons (Fsp3) is 0.175. The maximum Gasteiger partial charge on any atom is 0.164 e. The van der Waals surface area contributed by atoms with Crippen molar-refractivity contribution in [3.05, 3.63) is 181 Å². The van der Waals surface area contributed by atoms with Crippen molar-refractivity contribution in [1.82, 2.24) is 19.5 Å². The van der Waals surface area contributed by atoms with Gasteiger partial charge in [0.05, 0.1) is 11.0 Å². The summed E-state index contributed by atoms with van der Waals surface area (Å²) in [5, 5.41) is 7.66. The van der Waals surface area contributed by atoms with Crippen LogP contribution in [0.4, 0.5) is 0 Å². The molecule has 8 aromatic carbocycles. The van der Waals surface area contributed by atoms with Crippen LogP contribution in [0.5, 0.6) is 0 Å². The van der Waals surface area contributed by atoms with Gasteiger partial charge in [0, 0.05) is 38.6 Å². The summed E-state index contributed by atoms with van der Waals surface area (Å²) < 4.78 is 2.36. The number of aromatic nitrogens is 4. The van der Waals surface area contributed by atoms with Crippen molar-refractivity contribution in [3.63, 3.8) is 0 Å². The summed E-state index contributed by atoms with van der Waals surface area (Å²) in [6.45, 7) is 0. The summed E-state index contributed by atoms with van der Waals surface area (Å²) in [6.07, 6.45) is 6.85. The van der Waals surface area contributed by atoms with Crippen LogP contribution >= 0.6 is 0 Å². The maximum absolute atomic E-state index is 5.36. The minimum atomic E-state index is 0.0427. The monoisotopic (exact) mass is 782 g/mol. The van der Waals surface area contributed by atoms with Crippen molar-refractivity contribution in [2.24, 2.45) is 23.7 Å². The van der Waals surface area contributed by atoms with Crippen LogP contribution < -0.4 is 0 Å². The highest BCUT2D eigenvalue weighted by Crippen LogP contribution is 2.70. The molecule has 0 N–H and O–H groups in total. The van der Waals surface area contributed by atoms with Crippen LogP contribution in [0.1, 0.15) is 43.2 Å². The number of hydrogen-bond donors (Lipinski definition) is 0. The average molecular weight is 783 g/mol. The van der Waals surface area contributed by atoms with E-state index in [0.29, 0.717) is 29.3 Å². The number of benzene rings is 8. The van der Waals surface area contributed by atoms with Gasteiger partial charge in [-0.2, -0.15) is 0 Å². The normalized spacial score (nSPS) is 22.2. The van der Waals surface area contributed by atoms with Crippen LogP contribution in [0.2, 0.25) is 0 Å². The van der Waals surface area contributed by atoms with E-state index in [2.05, 4.69) is 168 Å². The smallest absolute Gasteiger partial charge is 0.164 e. The molecule has 4 nitrogen and oxygen atoms in total. The van der Waals surface area contributed by atoms with Crippen molar-refractivity contribution in [1.29, 1.82) is 0 Å². The van der Waals surface area contributed by atoms with Gasteiger partial charge in [-0.25, -0.2) is 15.0 Å². The summed E-state index contributed by atoms with van der Waals surface area (Å²) in [5.41, 5.74) is 12.5. The Hall–Kier alpha value is -6.91. The Morgan fingerprint density at radius 1 is 0.393 bits per heavy atom. The molecule has 10 aromatic rings. The second kappa shape index (κ2) is 12.6. The molecule has 0 atom stereocenters. The molecule has 4 fully saturated rings. The molecule has 2 heterocycles. The predicted octanol–water partition coefficient (Wildman–Crippen LogP) is 14.0. The number of para-hydroxylation sites is 2. The molecule has 61 heavy (non-hydrogen) atoms. The van der Waals surface area contributed by atoms with Crippen molar-refractivity contribution in [2.75, 3.05) is 0 Å². The van der Waals surface area contributed by atoms with Crippen LogP contribution in [-0.2, 0) is 5.41 Å². The van der Waals surface area contributed by atoms with Gasteiger partial charge in [-0.3, -0.25) is 0 Å². The summed E-state index contributed by atoms with van der Waals surface area (Å²) in [7, 11) is 0. The van der Waals surface area contributed by atoms with Gasteiger partial charge < -0.3 is 4.57 Å². The summed E-state index contributed by atoms with van der Waals surface area (Å²) in [4.78, 5) is 15.8. The standard InChI is InChI=1S/C57H42N4/c1-2-11-36(12-3-1)54-58-55(37-21-23-43(24-22-37)61-52-19-8-6-16-44(52)45-17-7-9-20-53(45)61)60-56(59-54)46-18-10-15-40-31-49-48-30-38-13-4-5-14-39(38)32-50(48)57(51(49)33-47(40)46)41-26-34-25-35(28-41)29-42(57)27-34/h1-24,30-35,41-42H,25-29H2. The molecular weight excluding hydrogens is 741 g/mol. The first-order chi connectivity index (χ1) is 30.2. The van der Waals surface area contributed by atoms with Gasteiger partial charge in [0.1, 0.15) is 0 Å². The maximum atomic E-state index is 5.36. The fourth-order valence-electron chi connectivity index (χ4n) is 13.1. The second-order valence-corrected chi connectivity index (χ2v) is 18.4. The average Bonchev–Trinajstić information content (AvgIpc) is 3.79. The largest absolute Gasteiger partial charge is 0.309 e. The van der Waals surface area contributed by atoms with Gasteiger partial charge in [0.2, 0.25) is 0 Å². The zero-order chi connectivity index (χ0) is 39.8. The molecule has 5 aliphatic rings. The third-order valence-electron chi connectivity index (χ3n) is 15.4. The Morgan fingerprint density at radius 3 is 1.59 bits per heavy atom. The van der Waals surface area contributed by atoms with Gasteiger partial charge in [-0.15, -0.1) is 0 Å². The molecule has 0 radical (unpaired) electrons. The molecule has 15 rings (SSSR count). The summed E-state index contributed by atoms with van der Waals surface area (Å²) in [5.74, 6) is 5.18. The quantitative estimate of drug-likeness (QED) is 0.179. The van der Waals surface area contributed by atoms with E-state index in [4.69, 9.17) is 15.0 Å². The number of nitrogens with zero attached hydrogens (tertiary/aromatic N) is 4. The molecule has 4 saturated carbocycles. The Balaban J connectivity index is 0.954. The topological polar surface area (TPSA) is 43.6 Å². The lowest BCUT2D eigenvalue weighted by atomic mass is 9.43. The molecule has 0 saturated heterocycles. The van der Waals surface area contributed by atoms with Crippen LogP contribution in [0.15, 0.2) is 170 Å². The lowest BCUT2D eigenvalue weighted by Crippen LogP contribution is -2.55. The van der Waals surface area contributed by atoms with Crippen molar-refractivity contribution in [3.8, 4) is 51.0 Å². The molecule has 290 valence electrons. The van der Waals surface area contributed by atoms with E-state index in [9.17, 15) is 0 Å². The first-order valence-electron chi connectivity index (χ1n) is 22.2. The van der Waals surface area contributed by atoms with E-state index in [1.54, 1.807) is 11.1 Å². The summed E-state index contributed by atoms with van der Waals surface area (Å²) >= 11 is 0. The van der Waals surface area contributed by atoms with Crippen LogP contribution in [-0.4, -0.2) is 19.5 Å². The molecule has 1 spiro atoms. The fourth-order valence-corrected chi connectivity index (χ4v) is 13.1. The highest BCUT2D eigenvalue weighted by Gasteiger charge is 2.61. The first-order valence-corrected chi connectivity index (χ1v) is 22.2. The third kappa shape index (κ3) is 4.79. The lowest BCUT2D eigenvalue weighted by Gasteiger charge is -2.61. The number of fused-ring (bicyclic) bond motifs is 8. The molecule has 4 heteroatoms. The van der Waals surface area contributed by atoms with Gasteiger partial charge in [-0.1, -0.05) is 109 Å². The van der Waals surface area contributed by atoms with E-state index in [0.717, 1.165) is 34.2 Å². The minimum absolute atomic E-state index is 0.0427. The Kier molecular flexibility index (Phi) is 6.97. The minimum Gasteiger partial charge on any atom is -0.309 e. The van der Waals surface area contributed by atoms with E-state index >= 15 is 0 Å². The van der Waals surface area contributed by atoms with E-state index in [-0.39, 0.29) is 5.41 Å². The van der Waals surface area contributed by atoms with E-state index in [1.807, 2.05) is 6.07 Å². The number of rotatable bonds is 4. The molecule has 0 amide bonds. The highest BCUT2D eigenvalue weighted by atomic mass is 15.0. The molecule has 0 aliphatic heterocycles. The van der Waals surface area contributed by atoms with Gasteiger partial charge in [-0.05, 0) is 160 Å². The number of hydrogen-bond acceptors (Lipinski definition) is 3. The van der Waals surface area contributed by atoms with Gasteiger partial charge in [0.15, 0.2) is 17.5 Å². The zero-order valence-electron chi connectivity index (χ0n) is 33.8. The van der Waals surface area contributed by atoms with Crippen molar-refractivity contribution >= 4 is 43.4 Å². The first kappa shape index (κ1) is 33.9. The zero-order valence-corrected chi connectivity index (χ0v) is 33.8. The molecular formula is C57H42N4. The Morgan fingerprint density at radius 2 is 0.918 bits per heavy atom. The molecule has 0 unspecified atom stereocenters.